The van der Waals surface area contributed by atoms with Crippen molar-refractivity contribution in [2.75, 3.05) is 6.54 Å². The molecule has 21 heavy (non-hydrogen) atoms. The molecule has 0 fully saturated rings. The first-order chi connectivity index (χ1) is 10.2. The maximum Gasteiger partial charge on any atom is 0.136 e. The van der Waals surface area contributed by atoms with E-state index < -0.39 is 0 Å². The second-order valence-corrected chi connectivity index (χ2v) is 7.88. The van der Waals surface area contributed by atoms with E-state index in [0.717, 1.165) is 34.1 Å². The summed E-state index contributed by atoms with van der Waals surface area (Å²) in [6, 6.07) is 8.71. The molecular weight excluding hydrogens is 414 g/mol. The van der Waals surface area contributed by atoms with Crippen LogP contribution in [0.2, 0.25) is 0 Å². The van der Waals surface area contributed by atoms with E-state index in [-0.39, 0.29) is 6.10 Å². The molecule has 0 spiro atoms. The van der Waals surface area contributed by atoms with Gasteiger partial charge in [0.2, 0.25) is 0 Å². The van der Waals surface area contributed by atoms with Crippen LogP contribution in [0.4, 0.5) is 0 Å². The van der Waals surface area contributed by atoms with Crippen LogP contribution in [0.15, 0.2) is 38.6 Å². The summed E-state index contributed by atoms with van der Waals surface area (Å²) in [4.78, 5) is 1.27. The van der Waals surface area contributed by atoms with E-state index >= 15 is 0 Å². The first-order valence-corrected chi connectivity index (χ1v) is 9.58. The second-order valence-electron chi connectivity index (χ2n) is 5.16. The van der Waals surface area contributed by atoms with E-state index in [2.05, 4.69) is 67.7 Å². The molecule has 2 unspecified atom stereocenters. The number of rotatable bonds is 4. The van der Waals surface area contributed by atoms with Crippen molar-refractivity contribution >= 4 is 43.2 Å². The van der Waals surface area contributed by atoms with Gasteiger partial charge in [-0.25, -0.2) is 0 Å². The lowest BCUT2D eigenvalue weighted by Crippen LogP contribution is -2.29. The van der Waals surface area contributed by atoms with Crippen molar-refractivity contribution < 1.29 is 4.74 Å². The van der Waals surface area contributed by atoms with Gasteiger partial charge >= 0.3 is 0 Å². The lowest BCUT2D eigenvalue weighted by Gasteiger charge is -2.33. The van der Waals surface area contributed by atoms with Crippen LogP contribution in [0.1, 0.15) is 42.4 Å². The minimum absolute atomic E-state index is 0.113. The fourth-order valence-corrected chi connectivity index (χ4v) is 4.70. The van der Waals surface area contributed by atoms with Gasteiger partial charge in [0.05, 0.1) is 4.88 Å². The molecule has 0 saturated heterocycles. The molecule has 0 aliphatic carbocycles. The number of thiophene rings is 1. The van der Waals surface area contributed by atoms with Crippen molar-refractivity contribution in [1.29, 1.82) is 0 Å². The number of nitrogens with one attached hydrogen (secondary N) is 1. The van der Waals surface area contributed by atoms with Gasteiger partial charge in [0, 0.05) is 27.0 Å². The molecule has 1 N–H and O–H groups in total. The summed E-state index contributed by atoms with van der Waals surface area (Å²) in [7, 11) is 0. The summed E-state index contributed by atoms with van der Waals surface area (Å²) in [5.41, 5.74) is 1.25. The van der Waals surface area contributed by atoms with Gasteiger partial charge in [0.1, 0.15) is 11.9 Å². The van der Waals surface area contributed by atoms with Crippen molar-refractivity contribution in [2.24, 2.45) is 0 Å². The van der Waals surface area contributed by atoms with Crippen LogP contribution >= 0.6 is 43.2 Å². The Morgan fingerprint density at radius 2 is 2.19 bits per heavy atom. The predicted molar refractivity (Wildman–Crippen MR) is 95.2 cm³/mol. The molecule has 0 amide bonds. The molecule has 0 bridgehead atoms. The molecule has 2 heterocycles. The Kier molecular flexibility index (Phi) is 5.04. The van der Waals surface area contributed by atoms with Gasteiger partial charge in [-0.15, -0.1) is 11.3 Å². The Labute approximate surface area is 146 Å². The normalized spacial score (nSPS) is 20.9. The summed E-state index contributed by atoms with van der Waals surface area (Å²) in [6.45, 7) is 3.22. The lowest BCUT2D eigenvalue weighted by atomic mass is 9.95. The monoisotopic (exact) mass is 429 g/mol. The van der Waals surface area contributed by atoms with E-state index in [1.165, 1.54) is 10.4 Å². The molecule has 2 atom stereocenters. The van der Waals surface area contributed by atoms with Crippen LogP contribution in [0.25, 0.3) is 0 Å². The average Bonchev–Trinajstić information content (AvgIpc) is 2.91. The second kappa shape index (κ2) is 6.82. The van der Waals surface area contributed by atoms with Crippen molar-refractivity contribution in [3.63, 3.8) is 0 Å². The predicted octanol–water partition coefficient (Wildman–Crippen LogP) is 5.84. The molecule has 2 aromatic rings. The lowest BCUT2D eigenvalue weighted by molar-refractivity contribution is 0.154. The highest BCUT2D eigenvalue weighted by molar-refractivity contribution is 9.10. The summed E-state index contributed by atoms with van der Waals surface area (Å²) in [5.74, 6) is 0.989. The van der Waals surface area contributed by atoms with Gasteiger partial charge in [0.25, 0.3) is 0 Å². The standard InChI is InChI=1S/C16H17Br2NOS/c1-2-6-19-13-9-15(16-12(18)5-7-21-16)20-14-4-3-10(17)8-11(13)14/h3-5,7-8,13,15,19H,2,6,9H2,1H3. The SMILES string of the molecule is CCCNC1CC(c2sccc2Br)Oc2ccc(Br)cc21. The van der Waals surface area contributed by atoms with Crippen molar-refractivity contribution in [3.8, 4) is 5.75 Å². The van der Waals surface area contributed by atoms with Gasteiger partial charge in [-0.1, -0.05) is 22.9 Å². The highest BCUT2D eigenvalue weighted by Crippen LogP contribution is 2.44. The van der Waals surface area contributed by atoms with E-state index in [0.29, 0.717) is 6.04 Å². The van der Waals surface area contributed by atoms with Gasteiger partial charge in [0.15, 0.2) is 0 Å². The highest BCUT2D eigenvalue weighted by atomic mass is 79.9. The fraction of sp³-hybridized carbons (Fsp3) is 0.375. The Bertz CT molecular complexity index is 628. The molecule has 0 saturated carbocycles. The molecule has 2 nitrogen and oxygen atoms in total. The molecule has 112 valence electrons. The molecule has 5 heteroatoms. The molecular formula is C16H17Br2NOS. The summed E-state index contributed by atoms with van der Waals surface area (Å²) < 4.78 is 8.49. The maximum absolute atomic E-state index is 6.24. The molecule has 0 radical (unpaired) electrons. The van der Waals surface area contributed by atoms with Gasteiger partial charge in [-0.2, -0.15) is 0 Å². The number of benzene rings is 1. The first-order valence-electron chi connectivity index (χ1n) is 7.11. The minimum Gasteiger partial charge on any atom is -0.484 e. The number of hydrogen-bond donors (Lipinski definition) is 1. The third kappa shape index (κ3) is 3.36. The van der Waals surface area contributed by atoms with Crippen molar-refractivity contribution in [2.45, 2.75) is 31.9 Å². The topological polar surface area (TPSA) is 21.3 Å². The smallest absolute Gasteiger partial charge is 0.136 e. The zero-order valence-corrected chi connectivity index (χ0v) is 15.7. The number of fused-ring (bicyclic) bond motifs is 1. The number of hydrogen-bond acceptors (Lipinski definition) is 3. The molecule has 3 rings (SSSR count). The van der Waals surface area contributed by atoms with E-state index in [9.17, 15) is 0 Å². The molecule has 1 aliphatic heterocycles. The van der Waals surface area contributed by atoms with E-state index in [1.54, 1.807) is 11.3 Å². The van der Waals surface area contributed by atoms with Crippen LogP contribution in [0, 0.1) is 0 Å². The third-order valence-electron chi connectivity index (χ3n) is 3.64. The Hall–Kier alpha value is -0.360. The molecule has 1 aliphatic rings. The van der Waals surface area contributed by atoms with Crippen LogP contribution in [0.5, 0.6) is 5.75 Å². The van der Waals surface area contributed by atoms with Gasteiger partial charge < -0.3 is 10.1 Å². The molecule has 1 aromatic carbocycles. The largest absolute Gasteiger partial charge is 0.484 e. The van der Waals surface area contributed by atoms with Crippen LogP contribution in [-0.4, -0.2) is 6.54 Å². The molecule has 1 aromatic heterocycles. The maximum atomic E-state index is 6.24. The quantitative estimate of drug-likeness (QED) is 0.657. The Balaban J connectivity index is 1.92. The average molecular weight is 431 g/mol. The fourth-order valence-electron chi connectivity index (χ4n) is 2.65. The third-order valence-corrected chi connectivity index (χ3v) is 6.10. The van der Waals surface area contributed by atoms with E-state index in [4.69, 9.17) is 4.74 Å². The Morgan fingerprint density at radius 1 is 1.33 bits per heavy atom. The van der Waals surface area contributed by atoms with Crippen LogP contribution < -0.4 is 10.1 Å². The zero-order chi connectivity index (χ0) is 14.8. The summed E-state index contributed by atoms with van der Waals surface area (Å²) >= 11 is 8.94. The zero-order valence-electron chi connectivity index (χ0n) is 11.7. The van der Waals surface area contributed by atoms with Crippen LogP contribution in [0.3, 0.4) is 0 Å². The first kappa shape index (κ1) is 15.5. The van der Waals surface area contributed by atoms with Crippen molar-refractivity contribution in [1.82, 2.24) is 5.32 Å². The minimum atomic E-state index is 0.113. The van der Waals surface area contributed by atoms with Gasteiger partial charge in [-0.05, 0) is 58.5 Å². The summed E-state index contributed by atoms with van der Waals surface area (Å²) in [6.07, 6.45) is 2.21. The van der Waals surface area contributed by atoms with E-state index in [1.807, 2.05) is 6.07 Å². The van der Waals surface area contributed by atoms with Crippen molar-refractivity contribution in [3.05, 3.63) is 49.0 Å². The highest BCUT2D eigenvalue weighted by Gasteiger charge is 2.30. The summed E-state index contributed by atoms with van der Waals surface area (Å²) in [5, 5.41) is 5.76. The van der Waals surface area contributed by atoms with Crippen LogP contribution in [-0.2, 0) is 0 Å². The Morgan fingerprint density at radius 3 is 2.90 bits per heavy atom. The number of ether oxygens (including phenoxy) is 1. The number of halogens is 2. The van der Waals surface area contributed by atoms with Gasteiger partial charge in [-0.3, -0.25) is 0 Å².